The van der Waals surface area contributed by atoms with Crippen molar-refractivity contribution in [3.8, 4) is 45.5 Å². The summed E-state index contributed by atoms with van der Waals surface area (Å²) >= 11 is 0. The number of carbonyl (C=O) groups is 2. The van der Waals surface area contributed by atoms with E-state index in [0.29, 0.717) is 34.1 Å². The van der Waals surface area contributed by atoms with E-state index >= 15 is 8.42 Å². The van der Waals surface area contributed by atoms with Crippen LogP contribution in [0.2, 0.25) is 0 Å². The minimum absolute atomic E-state index is 0.0592. The molecule has 0 aliphatic carbocycles. The van der Waals surface area contributed by atoms with Crippen LogP contribution in [0.25, 0.3) is 22.5 Å². The fraction of sp³-hybridized carbons (Fsp3) is 0.269. The predicted molar refractivity (Wildman–Crippen MR) is 276 cm³/mol. The van der Waals surface area contributed by atoms with Crippen molar-refractivity contribution in [3.63, 3.8) is 0 Å². The summed E-state index contributed by atoms with van der Waals surface area (Å²) in [5, 5.41) is 18.7. The Kier molecular flexibility index (Phi) is 16.8. The normalized spacial score (nSPS) is 11.7. The molecular weight excluding hydrogens is 991 g/mol. The zero-order valence-electron chi connectivity index (χ0n) is 41.9. The lowest BCUT2D eigenvalue weighted by atomic mass is 9.99. The number of aromatic nitrogens is 5. The van der Waals surface area contributed by atoms with Crippen molar-refractivity contribution < 1.29 is 50.1 Å². The summed E-state index contributed by atoms with van der Waals surface area (Å²) in [6.07, 6.45) is 0.456. The Hall–Kier alpha value is -8.08. The number of nitrogens with two attached hydrogens (primary N) is 1. The number of nitrogen functional groups attached to an aromatic ring is 1. The molecule has 0 saturated carbocycles. The highest BCUT2D eigenvalue weighted by Crippen LogP contribution is 2.42. The summed E-state index contributed by atoms with van der Waals surface area (Å²) < 4.78 is 90.0. The Balaban J connectivity index is 1.45. The third kappa shape index (κ3) is 13.3. The highest BCUT2D eigenvalue weighted by atomic mass is 32.2. The van der Waals surface area contributed by atoms with Gasteiger partial charge in [0, 0.05) is 37.9 Å². The van der Waals surface area contributed by atoms with Gasteiger partial charge >= 0.3 is 6.09 Å². The monoisotopic (exact) mass is 1050 g/mol. The van der Waals surface area contributed by atoms with Crippen LogP contribution in [0.15, 0.2) is 131 Å². The fourth-order valence-corrected chi connectivity index (χ4v) is 11.2. The molecule has 0 fully saturated rings. The maximum Gasteiger partial charge on any atom is 0.407 e. The molecule has 0 unspecified atom stereocenters. The topological polar surface area (TPSA) is 258 Å². The van der Waals surface area contributed by atoms with Crippen molar-refractivity contribution >= 4 is 37.7 Å². The van der Waals surface area contributed by atoms with Gasteiger partial charge in [-0.1, -0.05) is 54.6 Å². The van der Waals surface area contributed by atoms with Gasteiger partial charge in [-0.25, -0.2) is 26.6 Å². The molecule has 0 aliphatic heterocycles. The molecule has 2 heterocycles. The zero-order chi connectivity index (χ0) is 53.2. The maximum absolute atomic E-state index is 16.1. The number of sulfonamides is 1. The first-order valence-electron chi connectivity index (χ1n) is 23.0. The number of alkyl carbamates (subject to hydrolysis) is 1. The molecule has 74 heavy (non-hydrogen) atoms. The van der Waals surface area contributed by atoms with Gasteiger partial charge in [0.2, 0.25) is 15.8 Å². The van der Waals surface area contributed by atoms with Gasteiger partial charge < -0.3 is 40.1 Å². The molecule has 4 N–H and O–H groups in total. The molecule has 388 valence electrons. The summed E-state index contributed by atoms with van der Waals surface area (Å²) in [6, 6.07) is 31.6. The van der Waals surface area contributed by atoms with Crippen LogP contribution in [-0.2, 0) is 50.8 Å². The van der Waals surface area contributed by atoms with Crippen LogP contribution >= 0.6 is 0 Å². The summed E-state index contributed by atoms with van der Waals surface area (Å²) in [4.78, 5) is 30.9. The van der Waals surface area contributed by atoms with E-state index in [2.05, 4.69) is 31.0 Å². The second kappa shape index (κ2) is 23.2. The van der Waals surface area contributed by atoms with Crippen molar-refractivity contribution in [1.82, 2.24) is 40.1 Å². The lowest BCUT2D eigenvalue weighted by Crippen LogP contribution is -2.35. The quantitative estimate of drug-likeness (QED) is 0.0678. The molecule has 0 saturated heterocycles. The largest absolute Gasteiger partial charge is 0.497 e. The molecule has 20 nitrogen and oxygen atoms in total. The molecular formula is C52H57N9O11S2. The number of hydrogen-bond donors (Lipinski definition) is 3. The molecule has 2 aromatic heterocycles. The van der Waals surface area contributed by atoms with Gasteiger partial charge in [0.25, 0.3) is 5.91 Å². The highest BCUT2D eigenvalue weighted by Gasteiger charge is 2.38. The fourth-order valence-electron chi connectivity index (χ4n) is 7.59. The number of methoxy groups -OCH3 is 4. The Labute approximate surface area is 429 Å². The SMILES string of the molecule is COc1ccc(CNC(=O)c2cc(-c3ccc(S(=O)(=O)CCNC(=O)OC(C)(C)C)c(S(=O)(=O)N(Cc4ccc(OC)cc4)Cc4ccc(OC)cc4)c3-c3nnn(Cc4ccc(OC)cc4)n3)cnc2N)cc1. The summed E-state index contributed by atoms with van der Waals surface area (Å²) in [6.45, 7) is 4.15. The highest BCUT2D eigenvalue weighted by molar-refractivity contribution is 7.93. The van der Waals surface area contributed by atoms with E-state index in [0.717, 1.165) is 21.5 Å². The molecule has 2 amide bonds. The van der Waals surface area contributed by atoms with E-state index in [4.69, 9.17) is 29.4 Å². The molecule has 0 atom stereocenters. The minimum atomic E-state index is -5.04. The summed E-state index contributed by atoms with van der Waals surface area (Å²) in [7, 11) is -3.61. The second-order valence-corrected chi connectivity index (χ2v) is 21.7. The van der Waals surface area contributed by atoms with Gasteiger partial charge in [-0.05, 0) is 114 Å². The van der Waals surface area contributed by atoms with E-state index in [1.165, 1.54) is 37.3 Å². The molecule has 0 radical (unpaired) electrons. The molecule has 7 aromatic rings. The van der Waals surface area contributed by atoms with Crippen molar-refractivity contribution in [2.75, 3.05) is 46.5 Å². The number of sulfone groups is 1. The number of tetrazole rings is 1. The second-order valence-electron chi connectivity index (χ2n) is 17.7. The van der Waals surface area contributed by atoms with E-state index in [-0.39, 0.29) is 60.1 Å². The van der Waals surface area contributed by atoms with Gasteiger partial charge in [0.15, 0.2) is 9.84 Å². The number of rotatable bonds is 21. The van der Waals surface area contributed by atoms with Crippen LogP contribution in [0, 0.1) is 0 Å². The number of amides is 2. The third-order valence-corrected chi connectivity index (χ3v) is 15.1. The molecule has 5 aromatic carbocycles. The smallest absolute Gasteiger partial charge is 0.407 e. The third-order valence-electron chi connectivity index (χ3n) is 11.4. The Morgan fingerprint density at radius 2 is 1.20 bits per heavy atom. The lowest BCUT2D eigenvalue weighted by molar-refractivity contribution is 0.0531. The predicted octanol–water partition coefficient (Wildman–Crippen LogP) is 6.69. The summed E-state index contributed by atoms with van der Waals surface area (Å²) in [5.41, 5.74) is 7.88. The molecule has 7 rings (SSSR count). The van der Waals surface area contributed by atoms with Crippen molar-refractivity contribution in [3.05, 3.63) is 149 Å². The zero-order valence-corrected chi connectivity index (χ0v) is 43.5. The van der Waals surface area contributed by atoms with Gasteiger partial charge in [0.1, 0.15) is 39.3 Å². The number of benzene rings is 5. The van der Waals surface area contributed by atoms with Crippen LogP contribution in [0.1, 0.15) is 53.4 Å². The van der Waals surface area contributed by atoms with Crippen molar-refractivity contribution in [1.29, 1.82) is 0 Å². The van der Waals surface area contributed by atoms with Gasteiger partial charge in [-0.2, -0.15) is 9.10 Å². The van der Waals surface area contributed by atoms with E-state index < -0.39 is 59.6 Å². The molecule has 22 heteroatoms. The number of nitrogens with zero attached hydrogens (tertiary/aromatic N) is 6. The van der Waals surface area contributed by atoms with Crippen LogP contribution in [0.3, 0.4) is 0 Å². The number of ether oxygens (including phenoxy) is 5. The number of carbonyl (C=O) groups excluding carboxylic acids is 2. The minimum Gasteiger partial charge on any atom is -0.497 e. The van der Waals surface area contributed by atoms with Crippen LogP contribution in [0.5, 0.6) is 23.0 Å². The van der Waals surface area contributed by atoms with E-state index in [9.17, 15) is 18.0 Å². The van der Waals surface area contributed by atoms with Crippen molar-refractivity contribution in [2.24, 2.45) is 0 Å². The van der Waals surface area contributed by atoms with Crippen LogP contribution in [-0.4, -0.2) is 105 Å². The maximum atomic E-state index is 16.1. The number of pyridine rings is 1. The van der Waals surface area contributed by atoms with E-state index in [1.807, 2.05) is 0 Å². The molecule has 0 bridgehead atoms. The first-order valence-corrected chi connectivity index (χ1v) is 26.1. The van der Waals surface area contributed by atoms with Crippen LogP contribution in [0.4, 0.5) is 10.6 Å². The lowest BCUT2D eigenvalue weighted by Gasteiger charge is -2.26. The van der Waals surface area contributed by atoms with Crippen LogP contribution < -0.4 is 35.3 Å². The van der Waals surface area contributed by atoms with Gasteiger partial charge in [-0.3, -0.25) is 4.79 Å². The Morgan fingerprint density at radius 1 is 0.689 bits per heavy atom. The average molecular weight is 1050 g/mol. The van der Waals surface area contributed by atoms with E-state index in [1.54, 1.807) is 132 Å². The number of nitrogens with one attached hydrogen (secondary N) is 2. The Bertz CT molecular complexity index is 3260. The van der Waals surface area contributed by atoms with Gasteiger partial charge in [0.05, 0.1) is 56.8 Å². The summed E-state index contributed by atoms with van der Waals surface area (Å²) in [5.74, 6) is 0.506. The average Bonchev–Trinajstić information content (AvgIpc) is 3.85. The van der Waals surface area contributed by atoms with Gasteiger partial charge in [-0.15, -0.1) is 10.2 Å². The number of hydrogen-bond acceptors (Lipinski definition) is 16. The first-order chi connectivity index (χ1) is 35.3. The molecule has 0 spiro atoms. The standard InChI is InChI=1S/C52H57N9O11S2/c1-52(2,3)72-51(63)54-26-27-73(64,65)45-25-24-43(38-28-44(48(53)55-30-38)50(62)56-29-34-8-16-39(68-4)17-9-34)46(49-57-59-61(58-49)33-37-14-22-42(71-7)23-15-37)47(45)74(66,67)60(31-35-10-18-40(69-5)19-11-35)32-36-12-20-41(70-6)21-13-36/h8-25,28,30H,26-27,29,31-33H2,1-7H3,(H2,53,55)(H,54,63)(H,56,62). The first kappa shape index (κ1) is 53.7. The molecule has 0 aliphatic rings. The number of anilines is 1. The Morgan fingerprint density at radius 3 is 1.72 bits per heavy atom. The van der Waals surface area contributed by atoms with Crippen molar-refractivity contribution in [2.45, 2.75) is 62.3 Å².